The van der Waals surface area contributed by atoms with E-state index in [1.54, 1.807) is 30.3 Å². The smallest absolute Gasteiger partial charge is 0.257 e. The van der Waals surface area contributed by atoms with Crippen LogP contribution >= 0.6 is 15.9 Å². The van der Waals surface area contributed by atoms with E-state index in [0.717, 1.165) is 4.47 Å². The molecule has 3 aromatic rings. The topological polar surface area (TPSA) is 77.8 Å². The Hall–Kier alpha value is -3.17. The highest BCUT2D eigenvalue weighted by molar-refractivity contribution is 9.10. The van der Waals surface area contributed by atoms with E-state index in [-0.39, 0.29) is 5.91 Å². The fourth-order valence-corrected chi connectivity index (χ4v) is 2.57. The maximum Gasteiger partial charge on any atom is 0.257 e. The molecule has 0 fully saturated rings. The molecule has 0 saturated carbocycles. The molecule has 2 aromatic carbocycles. The number of para-hydroxylation sites is 2. The van der Waals surface area contributed by atoms with Crippen molar-refractivity contribution in [3.63, 3.8) is 0 Å². The van der Waals surface area contributed by atoms with Gasteiger partial charge in [-0.25, -0.2) is 4.98 Å². The summed E-state index contributed by atoms with van der Waals surface area (Å²) in [5.74, 6) is 0.309. The number of rotatable bonds is 4. The molecule has 0 aliphatic rings. The second kappa shape index (κ2) is 7.60. The number of hydrogen-bond acceptors (Lipinski definition) is 4. The van der Waals surface area contributed by atoms with Crippen molar-refractivity contribution in [1.29, 1.82) is 5.26 Å². The summed E-state index contributed by atoms with van der Waals surface area (Å²) < 4.78 is 0.808. The second-order valence-corrected chi connectivity index (χ2v) is 6.00. The lowest BCUT2D eigenvalue weighted by molar-refractivity contribution is 0.102. The molecule has 3 rings (SSSR count). The van der Waals surface area contributed by atoms with Crippen LogP contribution in [-0.4, -0.2) is 10.9 Å². The van der Waals surface area contributed by atoms with Gasteiger partial charge < -0.3 is 10.6 Å². The van der Waals surface area contributed by atoms with Crippen LogP contribution in [0.25, 0.3) is 0 Å². The van der Waals surface area contributed by atoms with Crippen LogP contribution < -0.4 is 10.6 Å². The Morgan fingerprint density at radius 2 is 1.72 bits per heavy atom. The summed E-state index contributed by atoms with van der Waals surface area (Å²) in [6.07, 6.45) is 1.49. The summed E-state index contributed by atoms with van der Waals surface area (Å²) in [5, 5.41) is 15.0. The van der Waals surface area contributed by atoms with Crippen molar-refractivity contribution in [2.75, 3.05) is 10.6 Å². The van der Waals surface area contributed by atoms with Crippen LogP contribution in [0.4, 0.5) is 17.2 Å². The van der Waals surface area contributed by atoms with E-state index in [0.29, 0.717) is 28.3 Å². The van der Waals surface area contributed by atoms with E-state index in [1.807, 2.05) is 30.3 Å². The zero-order valence-electron chi connectivity index (χ0n) is 13.0. The van der Waals surface area contributed by atoms with E-state index in [4.69, 9.17) is 5.26 Å². The van der Waals surface area contributed by atoms with Crippen LogP contribution in [0.2, 0.25) is 0 Å². The van der Waals surface area contributed by atoms with Gasteiger partial charge in [0.25, 0.3) is 5.91 Å². The van der Waals surface area contributed by atoms with E-state index in [1.165, 1.54) is 6.20 Å². The van der Waals surface area contributed by atoms with Crippen LogP contribution in [-0.2, 0) is 0 Å². The molecule has 1 aromatic heterocycles. The minimum Gasteiger partial charge on any atom is -0.339 e. The normalized spacial score (nSPS) is 9.92. The van der Waals surface area contributed by atoms with Crippen molar-refractivity contribution in [2.45, 2.75) is 0 Å². The number of carbonyl (C=O) groups is 1. The predicted octanol–water partition coefficient (Wildman–Crippen LogP) is 4.71. The number of halogens is 1. The molecule has 0 spiro atoms. The number of amides is 1. The van der Waals surface area contributed by atoms with E-state index in [2.05, 4.69) is 37.6 Å². The van der Waals surface area contributed by atoms with Gasteiger partial charge >= 0.3 is 0 Å². The summed E-state index contributed by atoms with van der Waals surface area (Å²) in [4.78, 5) is 16.5. The summed E-state index contributed by atoms with van der Waals surface area (Å²) in [6, 6.07) is 20.0. The number of nitrogens with one attached hydrogen (secondary N) is 2. The van der Waals surface area contributed by atoms with Crippen molar-refractivity contribution < 1.29 is 4.79 Å². The number of pyridine rings is 1. The second-order valence-electron chi connectivity index (χ2n) is 5.15. The highest BCUT2D eigenvalue weighted by atomic mass is 79.9. The Bertz CT molecular complexity index is 948. The molecule has 0 aliphatic heterocycles. The Balaban J connectivity index is 1.73. The van der Waals surface area contributed by atoms with Gasteiger partial charge in [-0.15, -0.1) is 0 Å². The molecule has 25 heavy (non-hydrogen) atoms. The summed E-state index contributed by atoms with van der Waals surface area (Å²) in [5.41, 5.74) is 2.33. The standard InChI is InChI=1S/C19H13BrN4O/c20-15-6-2-4-8-17(15)24-19(25)14-9-10-18(22-12-14)23-16-7-3-1-5-13(16)11-21/h1-10,12H,(H,22,23)(H,24,25). The molecule has 0 unspecified atom stereocenters. The number of anilines is 3. The van der Waals surface area contributed by atoms with E-state index in [9.17, 15) is 4.79 Å². The molecule has 0 saturated heterocycles. The Kier molecular flexibility index (Phi) is 5.07. The van der Waals surface area contributed by atoms with E-state index < -0.39 is 0 Å². The maximum absolute atomic E-state index is 12.3. The van der Waals surface area contributed by atoms with Gasteiger partial charge in [0.15, 0.2) is 0 Å². The number of hydrogen-bond donors (Lipinski definition) is 2. The summed E-state index contributed by atoms with van der Waals surface area (Å²) in [6.45, 7) is 0. The zero-order chi connectivity index (χ0) is 17.6. The molecule has 5 nitrogen and oxygen atoms in total. The van der Waals surface area contributed by atoms with E-state index >= 15 is 0 Å². The first kappa shape index (κ1) is 16.7. The molecular weight excluding hydrogens is 380 g/mol. The lowest BCUT2D eigenvalue weighted by atomic mass is 10.2. The van der Waals surface area contributed by atoms with Crippen molar-refractivity contribution >= 4 is 39.0 Å². The third kappa shape index (κ3) is 4.03. The van der Waals surface area contributed by atoms with Gasteiger partial charge in [-0.3, -0.25) is 4.79 Å². The van der Waals surface area contributed by atoms with Crippen molar-refractivity contribution in [1.82, 2.24) is 4.98 Å². The van der Waals surface area contributed by atoms with Gasteiger partial charge in [0.2, 0.25) is 0 Å². The summed E-state index contributed by atoms with van der Waals surface area (Å²) in [7, 11) is 0. The minimum atomic E-state index is -0.247. The Morgan fingerprint density at radius 3 is 2.40 bits per heavy atom. The average Bonchev–Trinajstić information content (AvgIpc) is 2.64. The molecule has 0 aliphatic carbocycles. The third-order valence-electron chi connectivity index (χ3n) is 3.46. The third-order valence-corrected chi connectivity index (χ3v) is 4.15. The van der Waals surface area contributed by atoms with Gasteiger partial charge in [-0.2, -0.15) is 5.26 Å². The number of aromatic nitrogens is 1. The predicted molar refractivity (Wildman–Crippen MR) is 101 cm³/mol. The molecule has 0 radical (unpaired) electrons. The van der Waals surface area contributed by atoms with Crippen molar-refractivity contribution in [3.05, 3.63) is 82.5 Å². The molecule has 122 valence electrons. The number of nitrogens with zero attached hydrogens (tertiary/aromatic N) is 2. The van der Waals surface area contributed by atoms with Crippen molar-refractivity contribution in [2.24, 2.45) is 0 Å². The van der Waals surface area contributed by atoms with Gasteiger partial charge in [0, 0.05) is 10.7 Å². The van der Waals surface area contributed by atoms with Crippen LogP contribution in [0.15, 0.2) is 71.3 Å². The number of benzene rings is 2. The van der Waals surface area contributed by atoms with Gasteiger partial charge in [0.1, 0.15) is 11.9 Å². The van der Waals surface area contributed by atoms with Gasteiger partial charge in [0.05, 0.1) is 22.5 Å². The molecule has 0 bridgehead atoms. The minimum absolute atomic E-state index is 0.247. The number of carbonyl (C=O) groups excluding carboxylic acids is 1. The van der Waals surface area contributed by atoms with Gasteiger partial charge in [-0.05, 0) is 52.3 Å². The highest BCUT2D eigenvalue weighted by Gasteiger charge is 2.09. The fraction of sp³-hybridized carbons (Fsp3) is 0. The largest absolute Gasteiger partial charge is 0.339 e. The first-order valence-electron chi connectivity index (χ1n) is 7.45. The zero-order valence-corrected chi connectivity index (χ0v) is 14.6. The first-order chi connectivity index (χ1) is 12.2. The van der Waals surface area contributed by atoms with Crippen LogP contribution in [0.5, 0.6) is 0 Å². The van der Waals surface area contributed by atoms with Gasteiger partial charge in [-0.1, -0.05) is 24.3 Å². The maximum atomic E-state index is 12.3. The molecular formula is C19H13BrN4O. The number of nitriles is 1. The molecule has 1 heterocycles. The molecule has 6 heteroatoms. The average molecular weight is 393 g/mol. The fourth-order valence-electron chi connectivity index (χ4n) is 2.19. The lowest BCUT2D eigenvalue weighted by Crippen LogP contribution is -2.12. The van der Waals surface area contributed by atoms with Crippen LogP contribution in [0.3, 0.4) is 0 Å². The summed E-state index contributed by atoms with van der Waals surface area (Å²) >= 11 is 3.39. The van der Waals surface area contributed by atoms with Crippen LogP contribution in [0.1, 0.15) is 15.9 Å². The first-order valence-corrected chi connectivity index (χ1v) is 8.25. The monoisotopic (exact) mass is 392 g/mol. The van der Waals surface area contributed by atoms with Crippen molar-refractivity contribution in [3.8, 4) is 6.07 Å². The molecule has 0 atom stereocenters. The Morgan fingerprint density at radius 1 is 1.00 bits per heavy atom. The highest BCUT2D eigenvalue weighted by Crippen LogP contribution is 2.22. The van der Waals surface area contributed by atoms with Crippen LogP contribution in [0, 0.1) is 11.3 Å². The Labute approximate surface area is 153 Å². The molecule has 2 N–H and O–H groups in total. The SMILES string of the molecule is N#Cc1ccccc1Nc1ccc(C(=O)Nc2ccccc2Br)cn1. The lowest BCUT2D eigenvalue weighted by Gasteiger charge is -2.09. The molecule has 1 amide bonds. The quantitative estimate of drug-likeness (QED) is 0.673.